The van der Waals surface area contributed by atoms with Gasteiger partial charge in [-0.05, 0) is 60.7 Å². The van der Waals surface area contributed by atoms with Crippen LogP contribution in [0.2, 0.25) is 0 Å². The molecule has 4 rings (SSSR count). The number of carbonyl (C=O) groups is 2. The molecule has 0 fully saturated rings. The zero-order valence-corrected chi connectivity index (χ0v) is 14.0. The van der Waals surface area contributed by atoms with Gasteiger partial charge in [0.1, 0.15) is 11.5 Å². The molecule has 7 heteroatoms. The topological polar surface area (TPSA) is 87.1 Å². The van der Waals surface area contributed by atoms with Crippen LogP contribution in [-0.4, -0.2) is 16.8 Å². The van der Waals surface area contributed by atoms with Crippen LogP contribution in [0.1, 0.15) is 21.0 Å². The number of aromatic nitrogens is 1. The Morgan fingerprint density at radius 1 is 0.889 bits per heavy atom. The van der Waals surface area contributed by atoms with Crippen LogP contribution >= 0.6 is 0 Å². The fourth-order valence-electron chi connectivity index (χ4n) is 2.66. The lowest BCUT2D eigenvalue weighted by Gasteiger charge is -2.06. The quantitative estimate of drug-likeness (QED) is 0.502. The fraction of sp³-hybridized carbons (Fsp3) is 0. The van der Waals surface area contributed by atoms with Gasteiger partial charge in [0.2, 0.25) is 0 Å². The first-order valence-electron chi connectivity index (χ1n) is 8.13. The number of carbonyl (C=O) groups excluding carboxylic acids is 2. The number of hydrogen-bond acceptors (Lipinski definition) is 3. The molecular weight excluding hydrogens is 349 g/mol. The van der Waals surface area contributed by atoms with E-state index in [1.807, 2.05) is 0 Å². The maximum absolute atomic E-state index is 13.3. The van der Waals surface area contributed by atoms with Crippen molar-refractivity contribution in [3.8, 4) is 0 Å². The molecule has 2 aromatic carbocycles. The maximum Gasteiger partial charge on any atom is 0.291 e. The molecule has 2 aromatic heterocycles. The third-order valence-corrected chi connectivity index (χ3v) is 3.97. The summed E-state index contributed by atoms with van der Waals surface area (Å²) in [6.45, 7) is 0. The fourth-order valence-corrected chi connectivity index (χ4v) is 2.66. The molecule has 0 aliphatic rings. The number of nitrogens with one attached hydrogen (secondary N) is 3. The van der Waals surface area contributed by atoms with Crippen molar-refractivity contribution in [3.05, 3.63) is 84.2 Å². The molecule has 2 heterocycles. The molecule has 0 saturated carbocycles. The lowest BCUT2D eigenvalue weighted by atomic mass is 10.2. The first-order valence-corrected chi connectivity index (χ1v) is 8.13. The van der Waals surface area contributed by atoms with Gasteiger partial charge in [-0.2, -0.15) is 0 Å². The summed E-state index contributed by atoms with van der Waals surface area (Å²) in [6, 6.07) is 15.7. The normalized spacial score (nSPS) is 10.7. The Bertz CT molecular complexity index is 1120. The van der Waals surface area contributed by atoms with Gasteiger partial charge in [0.25, 0.3) is 11.8 Å². The molecule has 3 N–H and O–H groups in total. The highest BCUT2D eigenvalue weighted by Crippen LogP contribution is 2.19. The summed E-state index contributed by atoms with van der Waals surface area (Å²) in [5, 5.41) is 6.06. The molecule has 0 aliphatic carbocycles. The number of H-pyrrole nitrogens is 1. The monoisotopic (exact) mass is 363 g/mol. The van der Waals surface area contributed by atoms with Crippen LogP contribution in [0.5, 0.6) is 0 Å². The zero-order chi connectivity index (χ0) is 18.8. The van der Waals surface area contributed by atoms with Gasteiger partial charge in [0.15, 0.2) is 5.76 Å². The van der Waals surface area contributed by atoms with Crippen LogP contribution in [0.4, 0.5) is 15.8 Å². The maximum atomic E-state index is 13.3. The minimum absolute atomic E-state index is 0.211. The van der Waals surface area contributed by atoms with Crippen LogP contribution < -0.4 is 10.6 Å². The number of furan rings is 1. The van der Waals surface area contributed by atoms with Gasteiger partial charge >= 0.3 is 0 Å². The van der Waals surface area contributed by atoms with E-state index < -0.39 is 0 Å². The van der Waals surface area contributed by atoms with E-state index in [9.17, 15) is 14.0 Å². The molecule has 0 bridgehead atoms. The van der Waals surface area contributed by atoms with Crippen molar-refractivity contribution in [3.63, 3.8) is 0 Å². The van der Waals surface area contributed by atoms with Crippen LogP contribution in [0.3, 0.4) is 0 Å². The highest BCUT2D eigenvalue weighted by Gasteiger charge is 2.11. The van der Waals surface area contributed by atoms with Crippen LogP contribution in [0.25, 0.3) is 10.9 Å². The SMILES string of the molecule is O=C(Nc1ccc(NC(=O)c2ccco2)cc1)c1cc2cc(F)ccc2[nH]1. The highest BCUT2D eigenvalue weighted by atomic mass is 19.1. The minimum Gasteiger partial charge on any atom is -0.459 e. The number of benzene rings is 2. The molecule has 0 saturated heterocycles. The predicted molar refractivity (Wildman–Crippen MR) is 99.3 cm³/mol. The Morgan fingerprint density at radius 3 is 2.26 bits per heavy atom. The third kappa shape index (κ3) is 3.57. The van der Waals surface area contributed by atoms with Crippen LogP contribution in [0.15, 0.2) is 71.3 Å². The molecule has 2 amide bonds. The Morgan fingerprint density at radius 2 is 1.59 bits per heavy atom. The standard InChI is InChI=1S/C20H14FN3O3/c21-13-3-8-16-12(10-13)11-17(24-16)19(25)22-14-4-6-15(7-5-14)23-20(26)18-2-1-9-27-18/h1-11,24H,(H,22,25)(H,23,26). The van der Waals surface area contributed by atoms with E-state index in [1.54, 1.807) is 48.5 Å². The summed E-state index contributed by atoms with van der Waals surface area (Å²) in [5.74, 6) is -0.857. The smallest absolute Gasteiger partial charge is 0.291 e. The van der Waals surface area contributed by atoms with E-state index >= 15 is 0 Å². The van der Waals surface area contributed by atoms with Crippen molar-refractivity contribution in [1.29, 1.82) is 0 Å². The summed E-state index contributed by atoms with van der Waals surface area (Å²) in [6.07, 6.45) is 1.42. The zero-order valence-electron chi connectivity index (χ0n) is 14.0. The first-order chi connectivity index (χ1) is 13.1. The molecule has 0 spiro atoms. The number of rotatable bonds is 4. The van der Waals surface area contributed by atoms with E-state index in [-0.39, 0.29) is 23.4 Å². The first kappa shape index (κ1) is 16.6. The Kier molecular flexibility index (Phi) is 4.18. The molecule has 0 unspecified atom stereocenters. The number of halogens is 1. The lowest BCUT2D eigenvalue weighted by molar-refractivity contribution is 0.0994. The van der Waals surface area contributed by atoms with Crippen LogP contribution in [0, 0.1) is 5.82 Å². The van der Waals surface area contributed by atoms with E-state index in [2.05, 4.69) is 15.6 Å². The summed E-state index contributed by atoms with van der Waals surface area (Å²) in [4.78, 5) is 27.2. The minimum atomic E-state index is -0.361. The highest BCUT2D eigenvalue weighted by molar-refractivity contribution is 6.06. The van der Waals surface area contributed by atoms with Crippen molar-refractivity contribution in [2.45, 2.75) is 0 Å². The Balaban J connectivity index is 1.44. The number of hydrogen-bond donors (Lipinski definition) is 3. The third-order valence-electron chi connectivity index (χ3n) is 3.97. The summed E-state index contributed by atoms with van der Waals surface area (Å²) >= 11 is 0. The second-order valence-corrected chi connectivity index (χ2v) is 5.88. The molecule has 0 atom stereocenters. The van der Waals surface area contributed by atoms with Crippen molar-refractivity contribution in [1.82, 2.24) is 4.98 Å². The number of aromatic amines is 1. The summed E-state index contributed by atoms with van der Waals surface area (Å²) in [7, 11) is 0. The van der Waals surface area contributed by atoms with Gasteiger partial charge in [-0.3, -0.25) is 9.59 Å². The number of anilines is 2. The molecule has 4 aromatic rings. The average molecular weight is 363 g/mol. The number of fused-ring (bicyclic) bond motifs is 1. The number of amides is 2. The van der Waals surface area contributed by atoms with Crippen LogP contribution in [-0.2, 0) is 0 Å². The van der Waals surface area contributed by atoms with Crippen molar-refractivity contribution in [2.24, 2.45) is 0 Å². The average Bonchev–Trinajstić information content (AvgIpc) is 3.32. The largest absolute Gasteiger partial charge is 0.459 e. The van der Waals surface area contributed by atoms with Gasteiger partial charge in [-0.1, -0.05) is 0 Å². The van der Waals surface area contributed by atoms with Gasteiger partial charge in [0, 0.05) is 22.3 Å². The molecule has 6 nitrogen and oxygen atoms in total. The van der Waals surface area contributed by atoms with Crippen molar-refractivity contribution >= 4 is 34.1 Å². The van der Waals surface area contributed by atoms with Gasteiger partial charge in [-0.15, -0.1) is 0 Å². The molecule has 0 aliphatic heterocycles. The summed E-state index contributed by atoms with van der Waals surface area (Å²) < 4.78 is 18.3. The molecule has 0 radical (unpaired) electrons. The van der Waals surface area contributed by atoms with E-state index in [1.165, 1.54) is 18.4 Å². The van der Waals surface area contributed by atoms with Gasteiger partial charge < -0.3 is 20.0 Å². The molecular formula is C20H14FN3O3. The lowest BCUT2D eigenvalue weighted by Crippen LogP contribution is -2.13. The van der Waals surface area contributed by atoms with E-state index in [0.717, 1.165) is 0 Å². The van der Waals surface area contributed by atoms with E-state index in [0.29, 0.717) is 28.0 Å². The Hall–Kier alpha value is -3.87. The molecule has 27 heavy (non-hydrogen) atoms. The van der Waals surface area contributed by atoms with Gasteiger partial charge in [0.05, 0.1) is 6.26 Å². The predicted octanol–water partition coefficient (Wildman–Crippen LogP) is 4.40. The molecule has 134 valence electrons. The second-order valence-electron chi connectivity index (χ2n) is 5.88. The van der Waals surface area contributed by atoms with Gasteiger partial charge in [-0.25, -0.2) is 4.39 Å². The van der Waals surface area contributed by atoms with Crippen molar-refractivity contribution < 1.29 is 18.4 Å². The Labute approximate surface area is 153 Å². The van der Waals surface area contributed by atoms with E-state index in [4.69, 9.17) is 4.42 Å². The summed E-state index contributed by atoms with van der Waals surface area (Å²) in [5.41, 5.74) is 2.12. The second kappa shape index (κ2) is 6.80. The van der Waals surface area contributed by atoms with Crippen molar-refractivity contribution in [2.75, 3.05) is 10.6 Å².